The number of benzene rings is 2. The normalized spacial score (nSPS) is 10.9. The molecule has 0 aliphatic carbocycles. The fourth-order valence-electron chi connectivity index (χ4n) is 2.45. The number of carbonyl (C=O) groups is 1. The number of aryl methyl sites for hydroxylation is 1. The van der Waals surface area contributed by atoms with Gasteiger partial charge in [0, 0.05) is 11.1 Å². The first-order chi connectivity index (χ1) is 11.4. The van der Waals surface area contributed by atoms with Crippen LogP contribution in [0.4, 0.5) is 5.69 Å². The lowest BCUT2D eigenvalue weighted by Gasteiger charge is -2.09. The molecule has 2 aromatic carbocycles. The van der Waals surface area contributed by atoms with Gasteiger partial charge < -0.3 is 10.1 Å². The Morgan fingerprint density at radius 3 is 2.58 bits per heavy atom. The molecule has 6 heteroatoms. The van der Waals surface area contributed by atoms with Gasteiger partial charge in [-0.25, -0.2) is 0 Å². The summed E-state index contributed by atoms with van der Waals surface area (Å²) in [5.74, 6) is 0.313. The molecule has 0 saturated heterocycles. The zero-order valence-corrected chi connectivity index (χ0v) is 15.7. The molecule has 0 spiro atoms. The van der Waals surface area contributed by atoms with E-state index in [2.05, 4.69) is 5.32 Å². The maximum Gasteiger partial charge on any atom is 0.267 e. The second-order valence-corrected chi connectivity index (χ2v) is 7.18. The van der Waals surface area contributed by atoms with Gasteiger partial charge in [-0.2, -0.15) is 0 Å². The van der Waals surface area contributed by atoms with Crippen LogP contribution in [-0.2, 0) is 0 Å². The molecule has 0 radical (unpaired) electrons. The van der Waals surface area contributed by atoms with Crippen molar-refractivity contribution in [3.8, 4) is 5.75 Å². The molecular formula is C18H15Cl2NO2S. The first-order valence-electron chi connectivity index (χ1n) is 7.26. The Morgan fingerprint density at radius 2 is 1.88 bits per heavy atom. The number of carbonyl (C=O) groups excluding carboxylic acids is 1. The van der Waals surface area contributed by atoms with Gasteiger partial charge in [-0.1, -0.05) is 35.3 Å². The fraction of sp³-hybridized carbons (Fsp3) is 0.167. The summed E-state index contributed by atoms with van der Waals surface area (Å²) >= 11 is 14.0. The highest BCUT2D eigenvalue weighted by molar-refractivity contribution is 7.22. The first kappa shape index (κ1) is 17.1. The predicted octanol–water partition coefficient (Wildman–Crippen LogP) is 6.09. The number of amides is 1. The van der Waals surface area contributed by atoms with E-state index in [0.717, 1.165) is 26.9 Å². The number of thiophene rings is 1. The van der Waals surface area contributed by atoms with E-state index >= 15 is 0 Å². The van der Waals surface area contributed by atoms with Crippen molar-refractivity contribution in [1.82, 2.24) is 0 Å². The molecular weight excluding hydrogens is 365 g/mol. The van der Waals surface area contributed by atoms with Crippen molar-refractivity contribution in [2.45, 2.75) is 13.8 Å². The zero-order valence-electron chi connectivity index (χ0n) is 13.4. The van der Waals surface area contributed by atoms with Gasteiger partial charge in [0.25, 0.3) is 5.91 Å². The molecule has 3 nitrogen and oxygen atoms in total. The van der Waals surface area contributed by atoms with Gasteiger partial charge in [0.05, 0.1) is 16.8 Å². The monoisotopic (exact) mass is 379 g/mol. The van der Waals surface area contributed by atoms with Gasteiger partial charge in [0.15, 0.2) is 0 Å². The van der Waals surface area contributed by atoms with Gasteiger partial charge in [0.2, 0.25) is 0 Å². The zero-order chi connectivity index (χ0) is 17.4. The quantitative estimate of drug-likeness (QED) is 0.598. The van der Waals surface area contributed by atoms with Crippen LogP contribution in [0.2, 0.25) is 10.0 Å². The number of fused-ring (bicyclic) bond motifs is 1. The second-order valence-electron chi connectivity index (χ2n) is 5.41. The van der Waals surface area contributed by atoms with E-state index in [9.17, 15) is 4.79 Å². The minimum atomic E-state index is -0.245. The molecule has 1 N–H and O–H groups in total. The number of methoxy groups -OCH3 is 1. The van der Waals surface area contributed by atoms with Crippen LogP contribution in [0.3, 0.4) is 0 Å². The van der Waals surface area contributed by atoms with E-state index in [1.807, 2.05) is 38.1 Å². The summed E-state index contributed by atoms with van der Waals surface area (Å²) in [7, 11) is 1.55. The van der Waals surface area contributed by atoms with Crippen molar-refractivity contribution in [2.24, 2.45) is 0 Å². The Hall–Kier alpha value is -1.75. The number of halogens is 2. The van der Waals surface area contributed by atoms with E-state index in [1.165, 1.54) is 11.3 Å². The Bertz CT molecular complexity index is 950. The fourth-order valence-corrected chi connectivity index (χ4v) is 4.24. The molecule has 1 amide bonds. The smallest absolute Gasteiger partial charge is 0.267 e. The Balaban J connectivity index is 2.03. The van der Waals surface area contributed by atoms with Crippen molar-refractivity contribution in [3.63, 3.8) is 0 Å². The van der Waals surface area contributed by atoms with Gasteiger partial charge >= 0.3 is 0 Å². The summed E-state index contributed by atoms with van der Waals surface area (Å²) in [4.78, 5) is 13.1. The molecule has 1 aromatic heterocycles. The van der Waals surface area contributed by atoms with Crippen molar-refractivity contribution < 1.29 is 9.53 Å². The van der Waals surface area contributed by atoms with Crippen LogP contribution in [0.5, 0.6) is 5.75 Å². The summed E-state index contributed by atoms with van der Waals surface area (Å²) in [6.45, 7) is 3.97. The molecule has 3 rings (SSSR count). The maximum absolute atomic E-state index is 12.7. The van der Waals surface area contributed by atoms with Crippen molar-refractivity contribution in [2.75, 3.05) is 12.4 Å². The van der Waals surface area contributed by atoms with Gasteiger partial charge in [-0.15, -0.1) is 11.3 Å². The minimum absolute atomic E-state index is 0.245. The average Bonchev–Trinajstić information content (AvgIpc) is 2.90. The third kappa shape index (κ3) is 2.86. The highest BCUT2D eigenvalue weighted by atomic mass is 35.5. The van der Waals surface area contributed by atoms with E-state index in [1.54, 1.807) is 13.2 Å². The van der Waals surface area contributed by atoms with Crippen LogP contribution in [-0.4, -0.2) is 13.0 Å². The standard InChI is InChI=1S/C18H15Cl2NO2S/c1-9-5-4-6-12(10(9)2)21-18(22)17-14(19)11-7-8-13(23-3)15(20)16(11)24-17/h4-8H,1-3H3,(H,21,22). The summed E-state index contributed by atoms with van der Waals surface area (Å²) in [6.07, 6.45) is 0. The molecule has 0 aliphatic rings. The van der Waals surface area contributed by atoms with Gasteiger partial charge in [0.1, 0.15) is 15.6 Å². The van der Waals surface area contributed by atoms with Crippen molar-refractivity contribution >= 4 is 56.2 Å². The summed E-state index contributed by atoms with van der Waals surface area (Å²) in [6, 6.07) is 9.34. The molecule has 0 aliphatic heterocycles. The Labute approximate surface area is 154 Å². The minimum Gasteiger partial charge on any atom is -0.495 e. The Kier molecular flexibility index (Phi) is 4.72. The lowest BCUT2D eigenvalue weighted by molar-refractivity contribution is 0.103. The molecule has 124 valence electrons. The lowest BCUT2D eigenvalue weighted by atomic mass is 10.1. The largest absolute Gasteiger partial charge is 0.495 e. The van der Waals surface area contributed by atoms with E-state index < -0.39 is 0 Å². The average molecular weight is 380 g/mol. The second kappa shape index (κ2) is 6.63. The summed E-state index contributed by atoms with van der Waals surface area (Å²) in [5.41, 5.74) is 2.92. The first-order valence-corrected chi connectivity index (χ1v) is 8.83. The molecule has 0 fully saturated rings. The molecule has 0 saturated carbocycles. The molecule has 0 bridgehead atoms. The SMILES string of the molecule is COc1ccc2c(Cl)c(C(=O)Nc3cccc(C)c3C)sc2c1Cl. The van der Waals surface area contributed by atoms with Gasteiger partial charge in [-0.3, -0.25) is 4.79 Å². The molecule has 24 heavy (non-hydrogen) atoms. The van der Waals surface area contributed by atoms with Crippen molar-refractivity contribution in [1.29, 1.82) is 0 Å². The predicted molar refractivity (Wildman–Crippen MR) is 102 cm³/mol. The van der Waals surface area contributed by atoms with Crippen LogP contribution < -0.4 is 10.1 Å². The molecule has 0 atom stereocenters. The summed E-state index contributed by atoms with van der Waals surface area (Å²) < 4.78 is 5.96. The third-order valence-electron chi connectivity index (χ3n) is 3.98. The van der Waals surface area contributed by atoms with Crippen molar-refractivity contribution in [3.05, 3.63) is 56.4 Å². The number of hydrogen-bond donors (Lipinski definition) is 1. The van der Waals surface area contributed by atoms with Crippen LogP contribution in [0.1, 0.15) is 20.8 Å². The number of rotatable bonds is 3. The molecule has 3 aromatic rings. The van der Waals surface area contributed by atoms with Crippen LogP contribution in [0.15, 0.2) is 30.3 Å². The van der Waals surface area contributed by atoms with E-state index in [0.29, 0.717) is 20.7 Å². The molecule has 0 unspecified atom stereocenters. The number of nitrogens with one attached hydrogen (secondary N) is 1. The van der Waals surface area contributed by atoms with E-state index in [4.69, 9.17) is 27.9 Å². The Morgan fingerprint density at radius 1 is 1.12 bits per heavy atom. The van der Waals surface area contributed by atoms with Gasteiger partial charge in [-0.05, 0) is 43.2 Å². The maximum atomic E-state index is 12.7. The number of ether oxygens (including phenoxy) is 1. The highest BCUT2D eigenvalue weighted by Gasteiger charge is 2.20. The number of anilines is 1. The lowest BCUT2D eigenvalue weighted by Crippen LogP contribution is -2.11. The summed E-state index contributed by atoms with van der Waals surface area (Å²) in [5, 5.41) is 4.55. The van der Waals surface area contributed by atoms with E-state index in [-0.39, 0.29) is 5.91 Å². The molecule has 1 heterocycles. The topological polar surface area (TPSA) is 38.3 Å². The van der Waals surface area contributed by atoms with Crippen LogP contribution >= 0.6 is 34.5 Å². The highest BCUT2D eigenvalue weighted by Crippen LogP contribution is 2.43. The number of hydrogen-bond acceptors (Lipinski definition) is 3. The van der Waals surface area contributed by atoms with Crippen LogP contribution in [0, 0.1) is 13.8 Å². The third-order valence-corrected chi connectivity index (χ3v) is 6.19. The van der Waals surface area contributed by atoms with Crippen LogP contribution in [0.25, 0.3) is 10.1 Å².